The van der Waals surface area contributed by atoms with Gasteiger partial charge in [0.15, 0.2) is 0 Å². The Hall–Kier alpha value is -1.12. The molecule has 2 aliphatic rings. The Morgan fingerprint density at radius 2 is 1.14 bits per heavy atom. The van der Waals surface area contributed by atoms with E-state index in [1.165, 1.54) is 11.1 Å². The van der Waals surface area contributed by atoms with E-state index >= 15 is 0 Å². The molecule has 2 unspecified atom stereocenters. The first-order valence-corrected chi connectivity index (χ1v) is 7.66. The third-order valence-electron chi connectivity index (χ3n) is 4.94. The maximum absolute atomic E-state index is 10.1. The van der Waals surface area contributed by atoms with Crippen LogP contribution < -0.4 is 0 Å². The molecule has 0 fully saturated rings. The van der Waals surface area contributed by atoms with Gasteiger partial charge < -0.3 is 10.2 Å². The van der Waals surface area contributed by atoms with Crippen LogP contribution in [0.3, 0.4) is 0 Å². The average Bonchev–Trinajstić information content (AvgIpc) is 2.35. The highest BCUT2D eigenvalue weighted by Crippen LogP contribution is 2.45. The van der Waals surface area contributed by atoms with Gasteiger partial charge in [0.2, 0.25) is 0 Å². The van der Waals surface area contributed by atoms with E-state index in [1.54, 1.807) is 0 Å². The summed E-state index contributed by atoms with van der Waals surface area (Å²) in [7, 11) is 0. The molecule has 21 heavy (non-hydrogen) atoms. The monoisotopic (exact) mass is 288 g/mol. The Labute approximate surface area is 128 Å². The zero-order valence-electron chi connectivity index (χ0n) is 14.0. The summed E-state index contributed by atoms with van der Waals surface area (Å²) < 4.78 is 0. The Morgan fingerprint density at radius 3 is 1.43 bits per heavy atom. The maximum Gasteiger partial charge on any atom is 0.0809 e. The van der Waals surface area contributed by atoms with Gasteiger partial charge in [-0.25, -0.2) is 0 Å². The fraction of sp³-hybridized carbons (Fsp3) is 0.579. The lowest BCUT2D eigenvalue weighted by Gasteiger charge is -2.39. The Balaban J connectivity index is 2.40. The van der Waals surface area contributed by atoms with Crippen LogP contribution >= 0.6 is 0 Å². The van der Waals surface area contributed by atoms with Gasteiger partial charge in [0.1, 0.15) is 0 Å². The van der Waals surface area contributed by atoms with E-state index < -0.39 is 12.2 Å². The third kappa shape index (κ3) is 2.93. The molecule has 2 N–H and O–H groups in total. The quantitative estimate of drug-likeness (QED) is 0.812. The summed E-state index contributed by atoms with van der Waals surface area (Å²) in [6.45, 7) is 12.6. The molecule has 0 aromatic rings. The molecule has 0 aliphatic heterocycles. The van der Waals surface area contributed by atoms with Crippen LogP contribution in [-0.2, 0) is 0 Å². The van der Waals surface area contributed by atoms with Crippen LogP contribution in [0.15, 0.2) is 47.6 Å². The van der Waals surface area contributed by atoms with E-state index in [0.29, 0.717) is 0 Å². The van der Waals surface area contributed by atoms with Gasteiger partial charge in [-0.05, 0) is 11.1 Å². The predicted octanol–water partition coefficient (Wildman–Crippen LogP) is 3.78. The second kappa shape index (κ2) is 4.96. The Bertz CT molecular complexity index is 494. The molecule has 0 saturated carbocycles. The Morgan fingerprint density at radius 1 is 0.810 bits per heavy atom. The van der Waals surface area contributed by atoms with Crippen molar-refractivity contribution < 1.29 is 10.2 Å². The second-order valence-corrected chi connectivity index (χ2v) is 8.08. The van der Waals surface area contributed by atoms with Crippen molar-refractivity contribution in [1.82, 2.24) is 0 Å². The van der Waals surface area contributed by atoms with Crippen molar-refractivity contribution in [2.45, 2.75) is 53.8 Å². The summed E-state index contributed by atoms with van der Waals surface area (Å²) in [5.74, 6) is 0. The lowest BCUT2D eigenvalue weighted by Crippen LogP contribution is -2.33. The average molecular weight is 288 g/mol. The fourth-order valence-corrected chi connectivity index (χ4v) is 2.90. The Kier molecular flexibility index (Phi) is 3.84. The zero-order chi connectivity index (χ0) is 16.1. The topological polar surface area (TPSA) is 40.5 Å². The van der Waals surface area contributed by atoms with Crippen molar-refractivity contribution in [3.05, 3.63) is 47.6 Å². The van der Waals surface area contributed by atoms with Gasteiger partial charge in [0, 0.05) is 16.2 Å². The van der Waals surface area contributed by atoms with Crippen LogP contribution in [0.4, 0.5) is 0 Å². The molecular weight excluding hydrogens is 260 g/mol. The molecule has 0 heterocycles. The summed E-state index contributed by atoms with van der Waals surface area (Å²) >= 11 is 0. The minimum Gasteiger partial charge on any atom is -0.388 e. The van der Waals surface area contributed by atoms with Gasteiger partial charge >= 0.3 is 0 Å². The van der Waals surface area contributed by atoms with Crippen molar-refractivity contribution in [2.24, 2.45) is 16.2 Å². The largest absolute Gasteiger partial charge is 0.388 e. The molecule has 0 spiro atoms. The minimum atomic E-state index is -0.439. The first kappa shape index (κ1) is 16.3. The van der Waals surface area contributed by atoms with Gasteiger partial charge in [-0.15, -0.1) is 0 Å². The molecule has 0 saturated heterocycles. The van der Waals surface area contributed by atoms with Crippen molar-refractivity contribution in [3.63, 3.8) is 0 Å². The van der Waals surface area contributed by atoms with Crippen LogP contribution in [0.5, 0.6) is 0 Å². The molecule has 0 amide bonds. The molecule has 2 aliphatic carbocycles. The van der Waals surface area contributed by atoms with Crippen LogP contribution in [0.25, 0.3) is 0 Å². The van der Waals surface area contributed by atoms with Gasteiger partial charge in [-0.1, -0.05) is 78.0 Å². The molecule has 2 nitrogen and oxygen atoms in total. The first-order valence-electron chi connectivity index (χ1n) is 7.66. The zero-order valence-corrected chi connectivity index (χ0v) is 14.0. The van der Waals surface area contributed by atoms with E-state index in [2.05, 4.69) is 53.7 Å². The maximum atomic E-state index is 10.1. The normalized spacial score (nSPS) is 30.9. The number of hydrogen-bond donors (Lipinski definition) is 2. The summed E-state index contributed by atoms with van der Waals surface area (Å²) in [6, 6.07) is 0. The molecular formula is C19H28O2. The molecule has 0 bridgehead atoms. The molecule has 2 rings (SSSR count). The number of aliphatic hydroxyl groups is 2. The van der Waals surface area contributed by atoms with Gasteiger partial charge in [0.05, 0.1) is 12.2 Å². The van der Waals surface area contributed by atoms with Crippen LogP contribution in [0.2, 0.25) is 0 Å². The van der Waals surface area contributed by atoms with Crippen molar-refractivity contribution in [2.75, 3.05) is 0 Å². The van der Waals surface area contributed by atoms with Gasteiger partial charge in [-0.2, -0.15) is 0 Å². The number of allylic oxidation sites excluding steroid dienone is 4. The van der Waals surface area contributed by atoms with Crippen molar-refractivity contribution in [3.8, 4) is 0 Å². The van der Waals surface area contributed by atoms with E-state index in [-0.39, 0.29) is 16.2 Å². The van der Waals surface area contributed by atoms with Crippen LogP contribution in [0.1, 0.15) is 41.5 Å². The van der Waals surface area contributed by atoms with Crippen molar-refractivity contribution >= 4 is 0 Å². The highest BCUT2D eigenvalue weighted by atomic mass is 16.3. The fourth-order valence-electron chi connectivity index (χ4n) is 2.90. The third-order valence-corrected chi connectivity index (χ3v) is 4.94. The highest BCUT2D eigenvalue weighted by Gasteiger charge is 2.36. The molecule has 116 valence electrons. The number of aliphatic hydroxyl groups excluding tert-OH is 2. The lowest BCUT2D eigenvalue weighted by atomic mass is 9.67. The summed E-state index contributed by atoms with van der Waals surface area (Å²) in [5, 5.41) is 20.1. The molecule has 2 atom stereocenters. The smallest absolute Gasteiger partial charge is 0.0809 e. The number of rotatable bonds is 2. The molecule has 2 heteroatoms. The van der Waals surface area contributed by atoms with E-state index in [4.69, 9.17) is 0 Å². The second-order valence-electron chi connectivity index (χ2n) is 8.08. The van der Waals surface area contributed by atoms with Crippen LogP contribution in [-0.4, -0.2) is 22.4 Å². The van der Waals surface area contributed by atoms with Crippen molar-refractivity contribution in [1.29, 1.82) is 0 Å². The van der Waals surface area contributed by atoms with E-state index in [9.17, 15) is 10.2 Å². The van der Waals surface area contributed by atoms with Gasteiger partial charge in [0.25, 0.3) is 0 Å². The standard InChI is InChI=1S/C19H28O2/c1-17(2)11-13(7-9-15(17)20)19(5,6)14-8-10-16(21)18(3,4)12-14/h7-12,15-16,20-21H,1-6H3. The summed E-state index contributed by atoms with van der Waals surface area (Å²) in [6.07, 6.45) is 11.3. The minimum absolute atomic E-state index is 0.151. The highest BCUT2D eigenvalue weighted by molar-refractivity contribution is 5.45. The molecule has 0 aromatic carbocycles. The van der Waals surface area contributed by atoms with E-state index in [0.717, 1.165) is 0 Å². The van der Waals surface area contributed by atoms with E-state index in [1.807, 2.05) is 24.3 Å². The summed E-state index contributed by atoms with van der Waals surface area (Å²) in [5.41, 5.74) is 1.76. The number of hydrogen-bond acceptors (Lipinski definition) is 2. The van der Waals surface area contributed by atoms with Crippen LogP contribution in [0, 0.1) is 16.2 Å². The molecule has 0 aromatic heterocycles. The lowest BCUT2D eigenvalue weighted by molar-refractivity contribution is 0.120. The SMILES string of the molecule is CC(C)(C1=CC(C)(C)C(O)C=C1)C1=CC(C)(C)C(O)C=C1. The first-order chi connectivity index (χ1) is 9.47. The van der Waals surface area contributed by atoms with Gasteiger partial charge in [-0.3, -0.25) is 0 Å². The molecule has 0 radical (unpaired) electrons. The predicted molar refractivity (Wildman–Crippen MR) is 87.8 cm³/mol. The summed E-state index contributed by atoms with van der Waals surface area (Å²) in [4.78, 5) is 0.